The maximum atomic E-state index is 13.5. The van der Waals surface area contributed by atoms with E-state index in [1.54, 1.807) is 36.4 Å². The highest BCUT2D eigenvalue weighted by molar-refractivity contribution is 7.92. The van der Waals surface area contributed by atoms with Gasteiger partial charge < -0.3 is 9.32 Å². The summed E-state index contributed by atoms with van der Waals surface area (Å²) >= 11 is 0. The fourth-order valence-electron chi connectivity index (χ4n) is 3.91. The quantitative estimate of drug-likeness (QED) is 0.614. The molecule has 4 rings (SSSR count). The molecule has 1 aromatic heterocycles. The third-order valence-electron chi connectivity index (χ3n) is 5.64. The normalized spacial score (nSPS) is 16.9. The maximum absolute atomic E-state index is 13.5. The smallest absolute Gasteiger partial charge is 0.264 e. The molecule has 1 aliphatic rings. The van der Waals surface area contributed by atoms with Crippen molar-refractivity contribution in [3.8, 4) is 0 Å². The molecular formula is C23H24N2O4S. The number of nitrogens with zero attached hydrogens (tertiary/aromatic N) is 2. The Balaban J connectivity index is 1.65. The van der Waals surface area contributed by atoms with Crippen LogP contribution in [0.1, 0.15) is 41.6 Å². The van der Waals surface area contributed by atoms with Gasteiger partial charge in [0.05, 0.1) is 22.9 Å². The number of hydrogen-bond acceptors (Lipinski definition) is 4. The van der Waals surface area contributed by atoms with Crippen LogP contribution in [0, 0.1) is 0 Å². The monoisotopic (exact) mass is 424 g/mol. The number of anilines is 1. The molecule has 2 heterocycles. The lowest BCUT2D eigenvalue weighted by Gasteiger charge is -2.26. The number of carbonyl (C=O) groups excluding carboxylic acids is 1. The second-order valence-corrected chi connectivity index (χ2v) is 9.43. The predicted octanol–water partition coefficient (Wildman–Crippen LogP) is 4.25. The van der Waals surface area contributed by atoms with Gasteiger partial charge in [0.15, 0.2) is 0 Å². The van der Waals surface area contributed by atoms with Gasteiger partial charge in [0.1, 0.15) is 5.76 Å². The minimum absolute atomic E-state index is 0.107. The Bertz CT molecular complexity index is 1170. The Morgan fingerprint density at radius 1 is 1.13 bits per heavy atom. The van der Waals surface area contributed by atoms with E-state index in [1.807, 2.05) is 44.2 Å². The number of carbonyl (C=O) groups is 1. The maximum Gasteiger partial charge on any atom is 0.264 e. The van der Waals surface area contributed by atoms with E-state index >= 15 is 0 Å². The number of amides is 1. The van der Waals surface area contributed by atoms with Crippen LogP contribution in [0.3, 0.4) is 0 Å². The first kappa shape index (κ1) is 20.2. The fraction of sp³-hybridized carbons (Fsp3) is 0.261. The van der Waals surface area contributed by atoms with Crippen molar-refractivity contribution in [2.24, 2.45) is 0 Å². The van der Waals surface area contributed by atoms with Crippen molar-refractivity contribution in [2.75, 3.05) is 11.4 Å². The third kappa shape index (κ3) is 3.39. The molecule has 30 heavy (non-hydrogen) atoms. The van der Waals surface area contributed by atoms with E-state index in [9.17, 15) is 13.2 Å². The minimum Gasteiger partial charge on any atom is -0.467 e. The van der Waals surface area contributed by atoms with Gasteiger partial charge in [-0.2, -0.15) is 0 Å². The zero-order chi connectivity index (χ0) is 21.5. The molecular weight excluding hydrogens is 400 g/mol. The summed E-state index contributed by atoms with van der Waals surface area (Å²) < 4.78 is 33.8. The van der Waals surface area contributed by atoms with Gasteiger partial charge in [-0.1, -0.05) is 24.3 Å². The van der Waals surface area contributed by atoms with Crippen LogP contribution in [0.4, 0.5) is 5.69 Å². The van der Waals surface area contributed by atoms with Crippen molar-refractivity contribution in [1.82, 2.24) is 4.90 Å². The van der Waals surface area contributed by atoms with Crippen LogP contribution in [-0.4, -0.2) is 32.3 Å². The third-order valence-corrected chi connectivity index (χ3v) is 7.56. The summed E-state index contributed by atoms with van der Waals surface area (Å²) in [7, 11) is -2.13. The number of benzene rings is 2. The molecule has 1 amide bonds. The Hall–Kier alpha value is -3.06. The van der Waals surface area contributed by atoms with Crippen molar-refractivity contribution < 1.29 is 17.6 Å². The van der Waals surface area contributed by atoms with Crippen molar-refractivity contribution in [3.05, 3.63) is 83.8 Å². The molecule has 0 N–H and O–H groups in total. The van der Waals surface area contributed by atoms with E-state index in [0.29, 0.717) is 23.4 Å². The van der Waals surface area contributed by atoms with Gasteiger partial charge in [0, 0.05) is 18.7 Å². The van der Waals surface area contributed by atoms with Crippen LogP contribution in [0.5, 0.6) is 0 Å². The van der Waals surface area contributed by atoms with Crippen molar-refractivity contribution in [2.45, 2.75) is 37.2 Å². The Morgan fingerprint density at radius 3 is 2.63 bits per heavy atom. The lowest BCUT2D eigenvalue weighted by atomic mass is 10.1. The average Bonchev–Trinajstić information content (AvgIpc) is 3.39. The Morgan fingerprint density at radius 2 is 1.90 bits per heavy atom. The SMILES string of the molecule is CC(c1ccco1)N(C)C(=O)c1cccc(S(=O)(=O)N2c3ccccc3CC2C)c1. The number of sulfonamides is 1. The summed E-state index contributed by atoms with van der Waals surface area (Å²) in [6.07, 6.45) is 2.23. The highest BCUT2D eigenvalue weighted by Gasteiger charge is 2.36. The van der Waals surface area contributed by atoms with E-state index in [2.05, 4.69) is 0 Å². The zero-order valence-electron chi connectivity index (χ0n) is 17.1. The molecule has 2 unspecified atom stereocenters. The van der Waals surface area contributed by atoms with E-state index in [-0.39, 0.29) is 22.9 Å². The van der Waals surface area contributed by atoms with E-state index in [1.165, 1.54) is 16.4 Å². The Labute approximate surface area is 176 Å². The van der Waals surface area contributed by atoms with Gasteiger partial charge >= 0.3 is 0 Å². The average molecular weight is 425 g/mol. The molecule has 0 aliphatic carbocycles. The molecule has 2 aromatic carbocycles. The number of rotatable bonds is 5. The first-order valence-electron chi connectivity index (χ1n) is 9.83. The van der Waals surface area contributed by atoms with E-state index in [4.69, 9.17) is 4.42 Å². The molecule has 0 bridgehead atoms. The summed E-state index contributed by atoms with van der Waals surface area (Å²) in [6.45, 7) is 3.76. The standard InChI is InChI=1S/C23H24N2O4S/c1-16-14-18-8-4-5-11-21(18)25(16)30(27,28)20-10-6-9-19(15-20)23(26)24(3)17(2)22-12-7-13-29-22/h4-13,15-17H,14H2,1-3H3. The fourth-order valence-corrected chi connectivity index (χ4v) is 5.64. The van der Waals surface area contributed by atoms with Crippen molar-refractivity contribution in [3.63, 3.8) is 0 Å². The molecule has 6 nitrogen and oxygen atoms in total. The molecule has 0 fully saturated rings. The van der Waals surface area contributed by atoms with E-state index < -0.39 is 10.0 Å². The summed E-state index contributed by atoms with van der Waals surface area (Å²) in [5.74, 6) is 0.392. The summed E-state index contributed by atoms with van der Waals surface area (Å²) in [4.78, 5) is 14.7. The highest BCUT2D eigenvalue weighted by Crippen LogP contribution is 2.36. The van der Waals surface area contributed by atoms with Crippen LogP contribution in [0.25, 0.3) is 0 Å². The van der Waals surface area contributed by atoms with Crippen molar-refractivity contribution in [1.29, 1.82) is 0 Å². The largest absolute Gasteiger partial charge is 0.467 e. The topological polar surface area (TPSA) is 70.8 Å². The van der Waals surface area contributed by atoms with Crippen LogP contribution in [0.2, 0.25) is 0 Å². The lowest BCUT2D eigenvalue weighted by molar-refractivity contribution is 0.0726. The van der Waals surface area contributed by atoms with Gasteiger partial charge in [-0.25, -0.2) is 8.42 Å². The highest BCUT2D eigenvalue weighted by atomic mass is 32.2. The number of para-hydroxylation sites is 1. The number of furan rings is 1. The molecule has 156 valence electrons. The van der Waals surface area contributed by atoms with Crippen LogP contribution < -0.4 is 4.31 Å². The second kappa shape index (κ2) is 7.65. The molecule has 0 saturated heterocycles. The summed E-state index contributed by atoms with van der Waals surface area (Å²) in [6, 6.07) is 16.9. The molecule has 0 saturated carbocycles. The zero-order valence-corrected chi connectivity index (χ0v) is 18.0. The molecule has 3 aromatic rings. The molecule has 7 heteroatoms. The first-order chi connectivity index (χ1) is 14.3. The van der Waals surface area contributed by atoms with Crippen LogP contribution in [-0.2, 0) is 16.4 Å². The van der Waals surface area contributed by atoms with Gasteiger partial charge in [0.25, 0.3) is 15.9 Å². The molecule has 0 spiro atoms. The van der Waals surface area contributed by atoms with Crippen molar-refractivity contribution >= 4 is 21.6 Å². The molecule has 0 radical (unpaired) electrons. The summed E-state index contributed by atoms with van der Waals surface area (Å²) in [5.41, 5.74) is 2.02. The predicted molar refractivity (Wildman–Crippen MR) is 115 cm³/mol. The number of hydrogen-bond donors (Lipinski definition) is 0. The Kier molecular flexibility index (Phi) is 5.15. The van der Waals surface area contributed by atoms with Gasteiger partial charge in [-0.15, -0.1) is 0 Å². The van der Waals surface area contributed by atoms with Crippen LogP contribution >= 0.6 is 0 Å². The minimum atomic E-state index is -3.80. The second-order valence-electron chi connectivity index (χ2n) is 7.62. The molecule has 1 aliphatic heterocycles. The van der Waals surface area contributed by atoms with E-state index in [0.717, 1.165) is 5.56 Å². The van der Waals surface area contributed by atoms with Gasteiger partial charge in [0.2, 0.25) is 0 Å². The molecule has 2 atom stereocenters. The lowest BCUT2D eigenvalue weighted by Crippen LogP contribution is -2.36. The number of fused-ring (bicyclic) bond motifs is 1. The first-order valence-corrected chi connectivity index (χ1v) is 11.3. The van der Waals surface area contributed by atoms with Gasteiger partial charge in [-0.3, -0.25) is 9.10 Å². The van der Waals surface area contributed by atoms with Gasteiger partial charge in [-0.05, 0) is 62.2 Å². The summed E-state index contributed by atoms with van der Waals surface area (Å²) in [5, 5.41) is 0. The van der Waals surface area contributed by atoms with Crippen LogP contribution in [0.15, 0.2) is 76.2 Å².